The minimum Gasteiger partial charge on any atom is -0.496 e. The molecule has 8 nitrogen and oxygen atoms in total. The van der Waals surface area contributed by atoms with Crippen LogP contribution in [-0.2, 0) is 10.0 Å². The van der Waals surface area contributed by atoms with E-state index in [1.54, 1.807) is 6.07 Å². The maximum absolute atomic E-state index is 12.2. The molecule has 0 saturated carbocycles. The molecule has 0 saturated heterocycles. The number of carbonyl (C=O) groups is 2. The highest BCUT2D eigenvalue weighted by Gasteiger charge is 2.18. The van der Waals surface area contributed by atoms with Crippen molar-refractivity contribution in [2.24, 2.45) is 0 Å². The summed E-state index contributed by atoms with van der Waals surface area (Å²) in [5, 5.41) is 0.338. The summed E-state index contributed by atoms with van der Waals surface area (Å²) in [6.07, 6.45) is 0. The Morgan fingerprint density at radius 3 is 2.15 bits per heavy atom. The molecule has 0 unspecified atom stereocenters. The molecule has 0 aromatic heterocycles. The van der Waals surface area contributed by atoms with E-state index in [0.717, 1.165) is 4.31 Å². The molecule has 2 aromatic carbocycles. The first kappa shape index (κ1) is 20.7. The number of hydrogen-bond acceptors (Lipinski definition) is 5. The van der Waals surface area contributed by atoms with E-state index in [0.29, 0.717) is 10.8 Å². The van der Waals surface area contributed by atoms with Gasteiger partial charge < -0.3 is 4.74 Å². The van der Waals surface area contributed by atoms with E-state index in [1.165, 1.54) is 57.6 Å². The molecular weight excluding hydrogens is 394 g/mol. The summed E-state index contributed by atoms with van der Waals surface area (Å²) >= 11 is 5.87. The van der Waals surface area contributed by atoms with Gasteiger partial charge >= 0.3 is 0 Å². The molecule has 0 spiro atoms. The van der Waals surface area contributed by atoms with Crippen LogP contribution in [-0.4, -0.2) is 45.7 Å². The number of amides is 2. The maximum atomic E-state index is 12.2. The molecule has 2 N–H and O–H groups in total. The molecule has 0 heterocycles. The first-order chi connectivity index (χ1) is 12.7. The standard InChI is InChI=1S/C17H18ClN3O5S/c1-21(2)27(24,25)13-7-4-11(5-8-13)16(22)19-20-17(23)14-10-12(18)6-9-15(14)26-3/h4-10H,1-3H3,(H,19,22)(H,20,23). The molecule has 2 aromatic rings. The van der Waals surface area contributed by atoms with Crippen LogP contribution in [0.4, 0.5) is 0 Å². The van der Waals surface area contributed by atoms with E-state index in [9.17, 15) is 18.0 Å². The summed E-state index contributed by atoms with van der Waals surface area (Å²) in [6.45, 7) is 0. The van der Waals surface area contributed by atoms with Gasteiger partial charge in [0, 0.05) is 24.7 Å². The van der Waals surface area contributed by atoms with Crippen LogP contribution in [0.3, 0.4) is 0 Å². The number of nitrogens with one attached hydrogen (secondary N) is 2. The molecular formula is C17H18ClN3O5S. The number of sulfonamides is 1. The maximum Gasteiger partial charge on any atom is 0.273 e. The van der Waals surface area contributed by atoms with Crippen LogP contribution in [0.25, 0.3) is 0 Å². The summed E-state index contributed by atoms with van der Waals surface area (Å²) in [7, 11) is 0.642. The zero-order valence-electron chi connectivity index (χ0n) is 14.8. The van der Waals surface area contributed by atoms with Gasteiger partial charge in [0.05, 0.1) is 17.6 Å². The van der Waals surface area contributed by atoms with Gasteiger partial charge in [-0.05, 0) is 42.5 Å². The second-order valence-corrected chi connectivity index (χ2v) is 8.15. The quantitative estimate of drug-likeness (QED) is 0.728. The molecule has 0 aliphatic heterocycles. The van der Waals surface area contributed by atoms with E-state index in [-0.39, 0.29) is 16.0 Å². The summed E-state index contributed by atoms with van der Waals surface area (Å²) in [5.41, 5.74) is 4.83. The van der Waals surface area contributed by atoms with Crippen molar-refractivity contribution < 1.29 is 22.7 Å². The fourth-order valence-corrected chi connectivity index (χ4v) is 3.17. The van der Waals surface area contributed by atoms with Crippen molar-refractivity contribution in [2.75, 3.05) is 21.2 Å². The second kappa shape index (κ2) is 8.38. The lowest BCUT2D eigenvalue weighted by Crippen LogP contribution is -2.41. The third-order valence-electron chi connectivity index (χ3n) is 3.59. The molecule has 10 heteroatoms. The second-order valence-electron chi connectivity index (χ2n) is 5.56. The van der Waals surface area contributed by atoms with Gasteiger partial charge in [0.15, 0.2) is 0 Å². The van der Waals surface area contributed by atoms with Gasteiger partial charge in [-0.2, -0.15) is 0 Å². The highest BCUT2D eigenvalue weighted by atomic mass is 35.5. The summed E-state index contributed by atoms with van der Waals surface area (Å²) in [4.78, 5) is 24.4. The smallest absolute Gasteiger partial charge is 0.273 e. The Kier molecular flexibility index (Phi) is 6.42. The lowest BCUT2D eigenvalue weighted by Gasteiger charge is -2.12. The van der Waals surface area contributed by atoms with E-state index in [1.807, 2.05) is 0 Å². The molecule has 2 rings (SSSR count). The minimum absolute atomic E-state index is 0.0525. The average Bonchev–Trinajstić information content (AvgIpc) is 2.65. The number of hydrogen-bond donors (Lipinski definition) is 2. The van der Waals surface area contributed by atoms with E-state index in [4.69, 9.17) is 16.3 Å². The van der Waals surface area contributed by atoms with Crippen molar-refractivity contribution in [3.05, 3.63) is 58.6 Å². The first-order valence-corrected chi connectivity index (χ1v) is 9.45. The van der Waals surface area contributed by atoms with Crippen LogP contribution >= 0.6 is 11.6 Å². The molecule has 2 amide bonds. The van der Waals surface area contributed by atoms with Crippen LogP contribution < -0.4 is 15.6 Å². The molecule has 27 heavy (non-hydrogen) atoms. The highest BCUT2D eigenvalue weighted by Crippen LogP contribution is 2.22. The predicted molar refractivity (Wildman–Crippen MR) is 100 cm³/mol. The van der Waals surface area contributed by atoms with Crippen LogP contribution in [0, 0.1) is 0 Å². The van der Waals surface area contributed by atoms with E-state index in [2.05, 4.69) is 10.9 Å². The van der Waals surface area contributed by atoms with Gasteiger partial charge in [0.2, 0.25) is 10.0 Å². The number of nitrogens with zero attached hydrogens (tertiary/aromatic N) is 1. The number of benzene rings is 2. The number of hydrazine groups is 1. The summed E-state index contributed by atoms with van der Waals surface area (Å²) in [5.74, 6) is -0.933. The predicted octanol–water partition coefficient (Wildman–Crippen LogP) is 1.67. The Bertz CT molecular complexity index is 959. The molecule has 0 atom stereocenters. The van der Waals surface area contributed by atoms with Gasteiger partial charge in [-0.1, -0.05) is 11.6 Å². The third kappa shape index (κ3) is 4.76. The average molecular weight is 412 g/mol. The Hall–Kier alpha value is -2.62. The Morgan fingerprint density at radius 2 is 1.59 bits per heavy atom. The topological polar surface area (TPSA) is 105 Å². The summed E-state index contributed by atoms with van der Waals surface area (Å²) in [6, 6.07) is 9.82. The number of rotatable bonds is 5. The van der Waals surface area contributed by atoms with Crippen LogP contribution in [0.2, 0.25) is 5.02 Å². The van der Waals surface area contributed by atoms with Crippen LogP contribution in [0.5, 0.6) is 5.75 Å². The Balaban J connectivity index is 2.08. The molecule has 0 radical (unpaired) electrons. The fraction of sp³-hybridized carbons (Fsp3) is 0.176. The van der Waals surface area contributed by atoms with Crippen molar-refractivity contribution >= 4 is 33.4 Å². The lowest BCUT2D eigenvalue weighted by atomic mass is 10.2. The molecule has 0 fully saturated rings. The van der Waals surface area contributed by atoms with Crippen molar-refractivity contribution in [3.63, 3.8) is 0 Å². The SMILES string of the molecule is COc1ccc(Cl)cc1C(=O)NNC(=O)c1ccc(S(=O)(=O)N(C)C)cc1. The van der Waals surface area contributed by atoms with E-state index < -0.39 is 21.8 Å². The molecule has 0 aliphatic carbocycles. The monoisotopic (exact) mass is 411 g/mol. The van der Waals surface area contributed by atoms with Gasteiger partial charge in [0.25, 0.3) is 11.8 Å². The fourth-order valence-electron chi connectivity index (χ4n) is 2.10. The van der Waals surface area contributed by atoms with Gasteiger partial charge in [0.1, 0.15) is 5.75 Å². The van der Waals surface area contributed by atoms with Gasteiger partial charge in [-0.3, -0.25) is 20.4 Å². The van der Waals surface area contributed by atoms with Crippen molar-refractivity contribution in [3.8, 4) is 5.75 Å². The van der Waals surface area contributed by atoms with Crippen LogP contribution in [0.15, 0.2) is 47.4 Å². The lowest BCUT2D eigenvalue weighted by molar-refractivity contribution is 0.0845. The van der Waals surface area contributed by atoms with E-state index >= 15 is 0 Å². The number of carbonyl (C=O) groups excluding carboxylic acids is 2. The van der Waals surface area contributed by atoms with Crippen LogP contribution in [0.1, 0.15) is 20.7 Å². The minimum atomic E-state index is -3.59. The van der Waals surface area contributed by atoms with Gasteiger partial charge in [-0.15, -0.1) is 0 Å². The first-order valence-electron chi connectivity index (χ1n) is 7.63. The summed E-state index contributed by atoms with van der Waals surface area (Å²) < 4.78 is 30.2. The van der Waals surface area contributed by atoms with Crippen molar-refractivity contribution in [1.82, 2.24) is 15.2 Å². The molecule has 0 aliphatic rings. The zero-order chi connectivity index (χ0) is 20.2. The number of ether oxygens (including phenoxy) is 1. The Morgan fingerprint density at radius 1 is 1.00 bits per heavy atom. The largest absolute Gasteiger partial charge is 0.496 e. The Labute approximate surface area is 162 Å². The van der Waals surface area contributed by atoms with Crippen molar-refractivity contribution in [1.29, 1.82) is 0 Å². The van der Waals surface area contributed by atoms with Gasteiger partial charge in [-0.25, -0.2) is 12.7 Å². The highest BCUT2D eigenvalue weighted by molar-refractivity contribution is 7.89. The third-order valence-corrected chi connectivity index (χ3v) is 5.66. The molecule has 0 bridgehead atoms. The van der Waals surface area contributed by atoms with Crippen molar-refractivity contribution in [2.45, 2.75) is 4.90 Å². The molecule has 144 valence electrons. The normalized spacial score (nSPS) is 11.1. The number of methoxy groups -OCH3 is 1. The zero-order valence-corrected chi connectivity index (χ0v) is 16.4. The number of halogens is 1.